The summed E-state index contributed by atoms with van der Waals surface area (Å²) in [5, 5.41) is 21.8. The largest absolute Gasteiger partial charge is 0.488 e. The molecule has 170 valence electrons. The van der Waals surface area contributed by atoms with Crippen LogP contribution in [0.5, 0.6) is 5.75 Å². The Morgan fingerprint density at radius 2 is 2.12 bits per heavy atom. The Bertz CT molecular complexity index is 1140. The number of aryl methyl sites for hydroxylation is 1. The van der Waals surface area contributed by atoms with Crippen LogP contribution < -0.4 is 10.1 Å². The minimum atomic E-state index is -0.713. The molecule has 5 rings (SSSR count). The zero-order valence-electron chi connectivity index (χ0n) is 18.8. The monoisotopic (exact) mass is 438 g/mol. The lowest BCUT2D eigenvalue weighted by Gasteiger charge is -2.43. The first-order valence-electron chi connectivity index (χ1n) is 11.2. The van der Waals surface area contributed by atoms with E-state index in [9.17, 15) is 9.90 Å². The normalized spacial score (nSPS) is 19.2. The number of aliphatic hydroxyl groups is 1. The molecule has 3 aromatic heterocycles. The first-order valence-corrected chi connectivity index (χ1v) is 11.2. The second-order valence-corrected chi connectivity index (χ2v) is 9.60. The van der Waals surface area contributed by atoms with E-state index in [0.717, 1.165) is 48.3 Å². The standard InChI is InChI=1S/C23H30N6O3/c1-23(2,31)14-28-8-7-17(28)13-32-19-12-24-27(3)21(19)16-6-9-29-18(10-16)11-20(26-29)25-22(30)15-4-5-15/h6,9-12,15,17,31H,4-5,7-8,13-14H2,1-3H3,(H,25,26,30)/t17-/m1/s1. The highest BCUT2D eigenvalue weighted by atomic mass is 16.5. The molecule has 32 heavy (non-hydrogen) atoms. The maximum absolute atomic E-state index is 12.0. The smallest absolute Gasteiger partial charge is 0.228 e. The molecule has 3 aromatic rings. The second kappa shape index (κ2) is 7.90. The number of fused-ring (bicyclic) bond motifs is 1. The van der Waals surface area contributed by atoms with E-state index < -0.39 is 5.60 Å². The van der Waals surface area contributed by atoms with Crippen molar-refractivity contribution in [3.05, 3.63) is 30.6 Å². The van der Waals surface area contributed by atoms with E-state index in [2.05, 4.69) is 20.4 Å². The molecule has 0 bridgehead atoms. The fourth-order valence-electron chi connectivity index (χ4n) is 4.20. The number of ether oxygens (including phenoxy) is 1. The topological polar surface area (TPSA) is 96.9 Å². The summed E-state index contributed by atoms with van der Waals surface area (Å²) < 4.78 is 9.74. The van der Waals surface area contributed by atoms with E-state index in [-0.39, 0.29) is 11.8 Å². The average molecular weight is 439 g/mol. The molecular weight excluding hydrogens is 408 g/mol. The van der Waals surface area contributed by atoms with Gasteiger partial charge in [0.05, 0.1) is 17.3 Å². The number of rotatable bonds is 8. The van der Waals surface area contributed by atoms with Crippen molar-refractivity contribution < 1.29 is 14.6 Å². The van der Waals surface area contributed by atoms with E-state index in [1.165, 1.54) is 0 Å². The van der Waals surface area contributed by atoms with Crippen molar-refractivity contribution in [3.63, 3.8) is 0 Å². The third-order valence-corrected chi connectivity index (χ3v) is 6.13. The number of hydrogen-bond acceptors (Lipinski definition) is 6. The maximum Gasteiger partial charge on any atom is 0.228 e. The van der Waals surface area contributed by atoms with Gasteiger partial charge in [-0.25, -0.2) is 4.52 Å². The third-order valence-electron chi connectivity index (χ3n) is 6.13. The summed E-state index contributed by atoms with van der Waals surface area (Å²) in [6, 6.07) is 6.17. The Hall–Kier alpha value is -2.91. The predicted octanol–water partition coefficient (Wildman–Crippen LogP) is 2.31. The SMILES string of the molecule is Cn1ncc(OC[C@H]2CCN2CC(C)(C)O)c1-c1ccn2nc(NC(=O)C3CC3)cc2c1. The number of nitrogens with zero attached hydrogens (tertiary/aromatic N) is 5. The van der Waals surface area contributed by atoms with Crippen molar-refractivity contribution in [2.75, 3.05) is 25.0 Å². The molecule has 9 heteroatoms. The third kappa shape index (κ3) is 4.35. The van der Waals surface area contributed by atoms with Crippen LogP contribution in [0.15, 0.2) is 30.6 Å². The molecule has 9 nitrogen and oxygen atoms in total. The van der Waals surface area contributed by atoms with E-state index in [4.69, 9.17) is 4.74 Å². The highest BCUT2D eigenvalue weighted by molar-refractivity contribution is 5.93. The van der Waals surface area contributed by atoms with Gasteiger partial charge < -0.3 is 15.2 Å². The molecule has 0 aromatic carbocycles. The number of carbonyl (C=O) groups is 1. The van der Waals surface area contributed by atoms with Gasteiger partial charge in [0.2, 0.25) is 5.91 Å². The summed E-state index contributed by atoms with van der Waals surface area (Å²) in [7, 11) is 1.90. The Kier molecular flexibility index (Phi) is 5.17. The molecule has 2 aliphatic rings. The van der Waals surface area contributed by atoms with Crippen LogP contribution in [-0.2, 0) is 11.8 Å². The Morgan fingerprint density at radius 3 is 2.81 bits per heavy atom. The lowest BCUT2D eigenvalue weighted by atomic mass is 10.00. The van der Waals surface area contributed by atoms with Gasteiger partial charge in [0.25, 0.3) is 0 Å². The highest BCUT2D eigenvalue weighted by Crippen LogP contribution is 2.32. The van der Waals surface area contributed by atoms with Crippen molar-refractivity contribution in [3.8, 4) is 17.0 Å². The molecule has 1 saturated heterocycles. The van der Waals surface area contributed by atoms with Crippen molar-refractivity contribution in [1.29, 1.82) is 0 Å². The van der Waals surface area contributed by atoms with Crippen LogP contribution in [0, 0.1) is 5.92 Å². The summed E-state index contributed by atoms with van der Waals surface area (Å²) in [5.41, 5.74) is 2.03. The molecule has 2 N–H and O–H groups in total. The van der Waals surface area contributed by atoms with Crippen LogP contribution in [-0.4, -0.2) is 66.6 Å². The molecule has 1 saturated carbocycles. The average Bonchev–Trinajstić information content (AvgIpc) is 3.40. The molecule has 2 fully saturated rings. The lowest BCUT2D eigenvalue weighted by molar-refractivity contribution is -0.117. The van der Waals surface area contributed by atoms with Gasteiger partial charge in [-0.1, -0.05) is 0 Å². The van der Waals surface area contributed by atoms with Crippen LogP contribution in [0.4, 0.5) is 5.82 Å². The van der Waals surface area contributed by atoms with Gasteiger partial charge in [-0.2, -0.15) is 10.2 Å². The number of hydrogen-bond donors (Lipinski definition) is 2. The number of carbonyl (C=O) groups excluding carboxylic acids is 1. The quantitative estimate of drug-likeness (QED) is 0.560. The van der Waals surface area contributed by atoms with Crippen LogP contribution >= 0.6 is 0 Å². The molecule has 0 spiro atoms. The zero-order chi connectivity index (χ0) is 22.5. The van der Waals surface area contributed by atoms with E-state index in [0.29, 0.717) is 25.0 Å². The summed E-state index contributed by atoms with van der Waals surface area (Å²) >= 11 is 0. The molecular formula is C23H30N6O3. The summed E-state index contributed by atoms with van der Waals surface area (Å²) in [6.07, 6.45) is 6.61. The number of pyridine rings is 1. The number of likely N-dealkylation sites (tertiary alicyclic amines) is 1. The van der Waals surface area contributed by atoms with Crippen molar-refractivity contribution in [2.24, 2.45) is 13.0 Å². The summed E-state index contributed by atoms with van der Waals surface area (Å²) in [4.78, 5) is 14.3. The molecule has 0 unspecified atom stereocenters. The van der Waals surface area contributed by atoms with Gasteiger partial charge in [0, 0.05) is 49.9 Å². The van der Waals surface area contributed by atoms with Gasteiger partial charge in [0.15, 0.2) is 11.6 Å². The summed E-state index contributed by atoms with van der Waals surface area (Å²) in [5.74, 6) is 1.48. The van der Waals surface area contributed by atoms with E-state index in [1.54, 1.807) is 10.7 Å². The number of amides is 1. The second-order valence-electron chi connectivity index (χ2n) is 9.60. The first kappa shape index (κ1) is 21.0. The first-order chi connectivity index (χ1) is 15.3. The molecule has 1 aliphatic heterocycles. The highest BCUT2D eigenvalue weighted by Gasteiger charge is 2.33. The zero-order valence-corrected chi connectivity index (χ0v) is 18.8. The van der Waals surface area contributed by atoms with Crippen molar-refractivity contribution >= 4 is 17.2 Å². The maximum atomic E-state index is 12.0. The number of nitrogens with one attached hydrogen (secondary N) is 1. The lowest BCUT2D eigenvalue weighted by Crippen LogP contribution is -2.55. The predicted molar refractivity (Wildman–Crippen MR) is 121 cm³/mol. The Balaban J connectivity index is 1.31. The van der Waals surface area contributed by atoms with E-state index in [1.807, 2.05) is 50.0 Å². The molecule has 1 aliphatic carbocycles. The van der Waals surface area contributed by atoms with Crippen LogP contribution in [0.25, 0.3) is 16.8 Å². The van der Waals surface area contributed by atoms with Gasteiger partial charge in [0.1, 0.15) is 12.3 Å². The number of aromatic nitrogens is 4. The fourth-order valence-corrected chi connectivity index (χ4v) is 4.20. The van der Waals surface area contributed by atoms with E-state index >= 15 is 0 Å². The van der Waals surface area contributed by atoms with Gasteiger partial charge in [-0.15, -0.1) is 0 Å². The number of anilines is 1. The minimum absolute atomic E-state index is 0.0468. The Morgan fingerprint density at radius 1 is 1.31 bits per heavy atom. The van der Waals surface area contributed by atoms with Gasteiger partial charge >= 0.3 is 0 Å². The number of β-amino-alcohol motifs (C(OH)–C–C–N with tert-alkyl or cyclic N) is 1. The van der Waals surface area contributed by atoms with Crippen molar-refractivity contribution in [2.45, 2.75) is 44.8 Å². The van der Waals surface area contributed by atoms with Crippen LogP contribution in [0.3, 0.4) is 0 Å². The Labute approximate surface area is 187 Å². The summed E-state index contributed by atoms with van der Waals surface area (Å²) in [6.45, 7) is 5.84. The van der Waals surface area contributed by atoms with Crippen LogP contribution in [0.2, 0.25) is 0 Å². The van der Waals surface area contributed by atoms with Crippen molar-refractivity contribution in [1.82, 2.24) is 24.3 Å². The molecule has 0 radical (unpaired) electrons. The van der Waals surface area contributed by atoms with Gasteiger partial charge in [-0.3, -0.25) is 14.4 Å². The van der Waals surface area contributed by atoms with Crippen LogP contribution in [0.1, 0.15) is 33.1 Å². The molecule has 1 atom stereocenters. The fraction of sp³-hybridized carbons (Fsp3) is 0.522. The molecule has 1 amide bonds. The molecule has 4 heterocycles. The van der Waals surface area contributed by atoms with Gasteiger partial charge in [-0.05, 0) is 45.2 Å². The minimum Gasteiger partial charge on any atom is -0.488 e.